The van der Waals surface area contributed by atoms with Gasteiger partial charge in [-0.05, 0) is 12.1 Å². The van der Waals surface area contributed by atoms with E-state index in [1.807, 2.05) is 18.2 Å². The Morgan fingerprint density at radius 3 is 3.00 bits per heavy atom. The van der Waals surface area contributed by atoms with Gasteiger partial charge in [-0.15, -0.1) is 11.3 Å². The van der Waals surface area contributed by atoms with Crippen LogP contribution in [0.5, 0.6) is 0 Å². The Kier molecular flexibility index (Phi) is 2.10. The lowest BCUT2D eigenvalue weighted by Gasteiger charge is -1.99. The lowest BCUT2D eigenvalue weighted by Crippen LogP contribution is -1.85. The van der Waals surface area contributed by atoms with Gasteiger partial charge in [0.2, 0.25) is 0 Å². The molecule has 0 radical (unpaired) electrons. The van der Waals surface area contributed by atoms with Crippen molar-refractivity contribution in [2.45, 2.75) is 0 Å². The molecule has 1 aromatic carbocycles. The summed E-state index contributed by atoms with van der Waals surface area (Å²) in [5, 5.41) is 3.33. The quantitative estimate of drug-likeness (QED) is 0.554. The number of nitrogens with zero attached hydrogens (tertiary/aromatic N) is 2. The van der Waals surface area contributed by atoms with Crippen molar-refractivity contribution in [1.29, 1.82) is 0 Å². The van der Waals surface area contributed by atoms with Crippen LogP contribution in [-0.4, -0.2) is 15.0 Å². The fourth-order valence-electron chi connectivity index (χ4n) is 2.31. The predicted octanol–water partition coefficient (Wildman–Crippen LogP) is 3.42. The normalized spacial score (nSPS) is 11.4. The number of hydrogen-bond donors (Lipinski definition) is 2. The predicted molar refractivity (Wildman–Crippen MR) is 79.1 cm³/mol. The van der Waals surface area contributed by atoms with Gasteiger partial charge in [0, 0.05) is 27.2 Å². The van der Waals surface area contributed by atoms with Crippen LogP contribution in [0.3, 0.4) is 0 Å². The molecule has 19 heavy (non-hydrogen) atoms. The van der Waals surface area contributed by atoms with Crippen molar-refractivity contribution >= 4 is 38.4 Å². The minimum atomic E-state index is 0.420. The summed E-state index contributed by atoms with van der Waals surface area (Å²) in [6, 6.07) is 10.2. The molecule has 0 aliphatic rings. The highest BCUT2D eigenvalue weighted by Crippen LogP contribution is 2.35. The number of anilines is 1. The molecule has 3 heterocycles. The van der Waals surface area contributed by atoms with Crippen molar-refractivity contribution in [1.82, 2.24) is 15.0 Å². The number of hydrogen-bond acceptors (Lipinski definition) is 4. The molecule has 3 aromatic heterocycles. The number of aromatic amines is 1. The number of pyridine rings is 1. The summed E-state index contributed by atoms with van der Waals surface area (Å²) in [6.07, 6.45) is 1.78. The van der Waals surface area contributed by atoms with E-state index in [-0.39, 0.29) is 0 Å². The minimum absolute atomic E-state index is 0.420. The molecule has 0 fully saturated rings. The van der Waals surface area contributed by atoms with Crippen molar-refractivity contribution < 1.29 is 0 Å². The number of aromatic nitrogens is 3. The largest absolute Gasteiger partial charge is 0.369 e. The summed E-state index contributed by atoms with van der Waals surface area (Å²) >= 11 is 1.71. The lowest BCUT2D eigenvalue weighted by molar-refractivity contribution is 1.34. The molecule has 4 rings (SSSR count). The molecule has 0 unspecified atom stereocenters. The molecule has 0 bridgehead atoms. The van der Waals surface area contributed by atoms with E-state index >= 15 is 0 Å². The van der Waals surface area contributed by atoms with E-state index < -0.39 is 0 Å². The molecular formula is C14H10N4S. The third kappa shape index (κ3) is 1.52. The number of H-pyrrole nitrogens is 1. The standard InChI is InChI=1S/C14H10N4S/c15-14-17-10-5-6-16-12(13(10)18-14)9-7-19-11-4-2-1-3-8(9)11/h1-7H,(H3,15,17,18). The van der Waals surface area contributed by atoms with E-state index in [0.29, 0.717) is 5.95 Å². The number of thiophene rings is 1. The number of nitrogen functional groups attached to an aromatic ring is 1. The van der Waals surface area contributed by atoms with Crippen molar-refractivity contribution in [2.24, 2.45) is 0 Å². The molecule has 3 N–H and O–H groups in total. The molecule has 0 saturated carbocycles. The van der Waals surface area contributed by atoms with E-state index in [4.69, 9.17) is 5.73 Å². The second-order valence-corrected chi connectivity index (χ2v) is 5.23. The Balaban J connectivity index is 2.09. The van der Waals surface area contributed by atoms with Crippen LogP contribution >= 0.6 is 11.3 Å². The average molecular weight is 266 g/mol. The first kappa shape index (κ1) is 10.5. The second-order valence-electron chi connectivity index (χ2n) is 4.32. The summed E-state index contributed by atoms with van der Waals surface area (Å²) in [6.45, 7) is 0. The number of imidazole rings is 1. The summed E-state index contributed by atoms with van der Waals surface area (Å²) in [5.41, 5.74) is 9.46. The van der Waals surface area contributed by atoms with Crippen LogP contribution in [0, 0.1) is 0 Å². The zero-order valence-corrected chi connectivity index (χ0v) is 10.7. The Bertz CT molecular complexity index is 891. The molecule has 4 nitrogen and oxygen atoms in total. The van der Waals surface area contributed by atoms with E-state index in [0.717, 1.165) is 22.3 Å². The van der Waals surface area contributed by atoms with Crippen LogP contribution in [0.2, 0.25) is 0 Å². The van der Waals surface area contributed by atoms with Gasteiger partial charge in [-0.1, -0.05) is 18.2 Å². The fourth-order valence-corrected chi connectivity index (χ4v) is 3.26. The summed E-state index contributed by atoms with van der Waals surface area (Å²) in [5.74, 6) is 0.420. The number of nitrogens with two attached hydrogens (primary N) is 1. The van der Waals surface area contributed by atoms with E-state index in [9.17, 15) is 0 Å². The number of nitrogens with one attached hydrogen (secondary N) is 1. The van der Waals surface area contributed by atoms with Gasteiger partial charge in [0.05, 0.1) is 11.2 Å². The van der Waals surface area contributed by atoms with Gasteiger partial charge in [0.25, 0.3) is 0 Å². The molecule has 0 aliphatic carbocycles. The maximum absolute atomic E-state index is 5.73. The summed E-state index contributed by atoms with van der Waals surface area (Å²) < 4.78 is 1.25. The number of benzene rings is 1. The molecule has 0 amide bonds. The Hall–Kier alpha value is -2.40. The maximum atomic E-state index is 5.73. The average Bonchev–Trinajstić information content (AvgIpc) is 3.00. The van der Waals surface area contributed by atoms with Crippen LogP contribution in [-0.2, 0) is 0 Å². The van der Waals surface area contributed by atoms with Gasteiger partial charge < -0.3 is 10.7 Å². The van der Waals surface area contributed by atoms with Gasteiger partial charge >= 0.3 is 0 Å². The third-order valence-electron chi connectivity index (χ3n) is 3.16. The van der Waals surface area contributed by atoms with E-state index in [2.05, 4.69) is 32.5 Å². The first-order chi connectivity index (χ1) is 9.33. The topological polar surface area (TPSA) is 67.6 Å². The van der Waals surface area contributed by atoms with Gasteiger partial charge in [0.15, 0.2) is 5.95 Å². The zero-order valence-electron chi connectivity index (χ0n) is 9.92. The SMILES string of the molecule is Nc1nc2c(-c3csc4ccccc34)nccc2[nH]1. The Labute approximate surface area is 112 Å². The smallest absolute Gasteiger partial charge is 0.198 e. The first-order valence-electron chi connectivity index (χ1n) is 5.90. The molecular weight excluding hydrogens is 256 g/mol. The fraction of sp³-hybridized carbons (Fsp3) is 0. The van der Waals surface area contributed by atoms with Crippen LogP contribution < -0.4 is 5.73 Å². The zero-order chi connectivity index (χ0) is 12.8. The molecule has 5 heteroatoms. The van der Waals surface area contributed by atoms with Crippen LogP contribution in [0.1, 0.15) is 0 Å². The maximum Gasteiger partial charge on any atom is 0.198 e. The molecule has 4 aromatic rings. The van der Waals surface area contributed by atoms with Crippen molar-refractivity contribution in [3.05, 3.63) is 41.9 Å². The van der Waals surface area contributed by atoms with Crippen LogP contribution in [0.15, 0.2) is 41.9 Å². The highest BCUT2D eigenvalue weighted by atomic mass is 32.1. The lowest BCUT2D eigenvalue weighted by atomic mass is 10.1. The molecule has 92 valence electrons. The van der Waals surface area contributed by atoms with Crippen molar-refractivity contribution in [2.75, 3.05) is 5.73 Å². The Morgan fingerprint density at radius 1 is 1.16 bits per heavy atom. The van der Waals surface area contributed by atoms with Crippen LogP contribution in [0.4, 0.5) is 5.95 Å². The molecule has 0 saturated heterocycles. The monoisotopic (exact) mass is 266 g/mol. The second kappa shape index (κ2) is 3.80. The van der Waals surface area contributed by atoms with Gasteiger partial charge in [-0.2, -0.15) is 0 Å². The highest BCUT2D eigenvalue weighted by Gasteiger charge is 2.13. The third-order valence-corrected chi connectivity index (χ3v) is 4.12. The summed E-state index contributed by atoms with van der Waals surface area (Å²) in [4.78, 5) is 11.9. The number of fused-ring (bicyclic) bond motifs is 2. The number of rotatable bonds is 1. The van der Waals surface area contributed by atoms with Crippen LogP contribution in [0.25, 0.3) is 32.4 Å². The van der Waals surface area contributed by atoms with E-state index in [1.165, 1.54) is 10.1 Å². The van der Waals surface area contributed by atoms with Crippen molar-refractivity contribution in [3.8, 4) is 11.3 Å². The van der Waals surface area contributed by atoms with Crippen molar-refractivity contribution in [3.63, 3.8) is 0 Å². The highest BCUT2D eigenvalue weighted by molar-refractivity contribution is 7.17. The molecule has 0 atom stereocenters. The van der Waals surface area contributed by atoms with Gasteiger partial charge in [-0.25, -0.2) is 4.98 Å². The van der Waals surface area contributed by atoms with E-state index in [1.54, 1.807) is 17.5 Å². The molecule has 0 spiro atoms. The van der Waals surface area contributed by atoms with Gasteiger partial charge in [0.1, 0.15) is 5.52 Å². The Morgan fingerprint density at radius 2 is 2.05 bits per heavy atom. The first-order valence-corrected chi connectivity index (χ1v) is 6.78. The summed E-state index contributed by atoms with van der Waals surface area (Å²) in [7, 11) is 0. The minimum Gasteiger partial charge on any atom is -0.369 e. The van der Waals surface area contributed by atoms with Gasteiger partial charge in [-0.3, -0.25) is 4.98 Å². The molecule has 0 aliphatic heterocycles.